The second kappa shape index (κ2) is 10.1. The molecule has 2 amide bonds. The number of amides is 2. The van der Waals surface area contributed by atoms with E-state index >= 15 is 0 Å². The summed E-state index contributed by atoms with van der Waals surface area (Å²) in [6.45, 7) is 1.76. The number of hydrogen-bond acceptors (Lipinski definition) is 6. The Balaban J connectivity index is 1.57. The number of nitrogens with two attached hydrogens (primary N) is 1. The van der Waals surface area contributed by atoms with E-state index in [2.05, 4.69) is 10.4 Å². The summed E-state index contributed by atoms with van der Waals surface area (Å²) in [5.74, 6) is -1.96. The Bertz CT molecular complexity index is 1140. The SMILES string of the molecule is Cc1nn(Cc2ccccc2)c(Cl)c1/C=C/C(=O)OCC(=O)Nc1sccc1C(N)=O. The third-order valence-electron chi connectivity index (χ3n) is 4.20. The van der Waals surface area contributed by atoms with Gasteiger partial charge < -0.3 is 15.8 Å². The molecule has 0 spiro atoms. The van der Waals surface area contributed by atoms with E-state index in [4.69, 9.17) is 22.1 Å². The van der Waals surface area contributed by atoms with Crippen molar-refractivity contribution < 1.29 is 19.1 Å². The Morgan fingerprint density at radius 2 is 2.00 bits per heavy atom. The van der Waals surface area contributed by atoms with Crippen LogP contribution in [0.2, 0.25) is 5.15 Å². The van der Waals surface area contributed by atoms with Crippen molar-refractivity contribution in [2.75, 3.05) is 11.9 Å². The summed E-state index contributed by atoms with van der Waals surface area (Å²) in [6, 6.07) is 11.2. The highest BCUT2D eigenvalue weighted by Crippen LogP contribution is 2.23. The maximum absolute atomic E-state index is 12.0. The van der Waals surface area contributed by atoms with Crippen molar-refractivity contribution in [2.45, 2.75) is 13.5 Å². The molecule has 3 N–H and O–H groups in total. The summed E-state index contributed by atoms with van der Waals surface area (Å²) >= 11 is 7.55. The molecule has 160 valence electrons. The predicted molar refractivity (Wildman–Crippen MR) is 119 cm³/mol. The van der Waals surface area contributed by atoms with Crippen LogP contribution >= 0.6 is 22.9 Å². The number of esters is 1. The van der Waals surface area contributed by atoms with Crippen LogP contribution in [0.1, 0.15) is 27.2 Å². The maximum Gasteiger partial charge on any atom is 0.331 e. The van der Waals surface area contributed by atoms with Gasteiger partial charge in [-0.05, 0) is 30.0 Å². The average Bonchev–Trinajstić information content (AvgIpc) is 3.30. The molecule has 0 aliphatic carbocycles. The van der Waals surface area contributed by atoms with Gasteiger partial charge in [0, 0.05) is 11.6 Å². The summed E-state index contributed by atoms with van der Waals surface area (Å²) in [6.07, 6.45) is 2.67. The molecule has 2 aromatic heterocycles. The van der Waals surface area contributed by atoms with E-state index in [9.17, 15) is 14.4 Å². The number of anilines is 1. The molecule has 0 unspecified atom stereocenters. The molecule has 0 saturated heterocycles. The molecular weight excluding hydrogens is 440 g/mol. The lowest BCUT2D eigenvalue weighted by molar-refractivity contribution is -0.142. The second-order valence-corrected chi connectivity index (χ2v) is 7.72. The van der Waals surface area contributed by atoms with Gasteiger partial charge in [0.25, 0.3) is 11.8 Å². The van der Waals surface area contributed by atoms with Crippen LogP contribution < -0.4 is 11.1 Å². The molecule has 1 aromatic carbocycles. The first-order valence-corrected chi connectivity index (χ1v) is 10.4. The van der Waals surface area contributed by atoms with Gasteiger partial charge in [0.15, 0.2) is 6.61 Å². The summed E-state index contributed by atoms with van der Waals surface area (Å²) in [7, 11) is 0. The van der Waals surface area contributed by atoms with Gasteiger partial charge in [-0.25, -0.2) is 9.48 Å². The number of primary amides is 1. The monoisotopic (exact) mass is 458 g/mol. The zero-order chi connectivity index (χ0) is 22.4. The predicted octanol–water partition coefficient (Wildman–Crippen LogP) is 3.25. The molecule has 0 radical (unpaired) electrons. The third kappa shape index (κ3) is 5.80. The fourth-order valence-corrected chi connectivity index (χ4v) is 3.82. The van der Waals surface area contributed by atoms with Gasteiger partial charge in [-0.2, -0.15) is 5.10 Å². The van der Waals surface area contributed by atoms with Crippen LogP contribution in [-0.4, -0.2) is 34.2 Å². The molecule has 8 nitrogen and oxygen atoms in total. The fourth-order valence-electron chi connectivity index (χ4n) is 2.72. The summed E-state index contributed by atoms with van der Waals surface area (Å²) < 4.78 is 6.58. The van der Waals surface area contributed by atoms with Crippen molar-refractivity contribution in [1.82, 2.24) is 9.78 Å². The quantitative estimate of drug-likeness (QED) is 0.397. The minimum Gasteiger partial charge on any atom is -0.452 e. The number of aromatic nitrogens is 2. The molecule has 0 bridgehead atoms. The topological polar surface area (TPSA) is 116 Å². The zero-order valence-electron chi connectivity index (χ0n) is 16.5. The van der Waals surface area contributed by atoms with Crippen LogP contribution in [0, 0.1) is 6.92 Å². The van der Waals surface area contributed by atoms with Gasteiger partial charge in [0.1, 0.15) is 10.2 Å². The number of thiophene rings is 1. The highest BCUT2D eigenvalue weighted by atomic mass is 35.5. The van der Waals surface area contributed by atoms with Crippen molar-refractivity contribution in [1.29, 1.82) is 0 Å². The largest absolute Gasteiger partial charge is 0.452 e. The number of nitrogens with zero attached hydrogens (tertiary/aromatic N) is 2. The number of nitrogens with one attached hydrogen (secondary N) is 1. The Morgan fingerprint density at radius 1 is 1.26 bits per heavy atom. The van der Waals surface area contributed by atoms with Gasteiger partial charge in [-0.3, -0.25) is 9.59 Å². The Hall–Kier alpha value is -3.43. The first kappa shape index (κ1) is 22.3. The molecule has 0 saturated carbocycles. The van der Waals surface area contributed by atoms with Crippen molar-refractivity contribution in [3.05, 3.63) is 75.4 Å². The van der Waals surface area contributed by atoms with E-state index in [0.717, 1.165) is 16.9 Å². The lowest BCUT2D eigenvalue weighted by atomic mass is 10.2. The molecule has 0 aliphatic heterocycles. The van der Waals surface area contributed by atoms with E-state index in [1.807, 2.05) is 30.3 Å². The zero-order valence-corrected chi connectivity index (χ0v) is 18.1. The first-order chi connectivity index (χ1) is 14.8. The molecule has 31 heavy (non-hydrogen) atoms. The molecule has 3 rings (SSSR count). The van der Waals surface area contributed by atoms with Crippen molar-refractivity contribution in [3.8, 4) is 0 Å². The summed E-state index contributed by atoms with van der Waals surface area (Å²) in [5.41, 5.74) is 7.70. The second-order valence-electron chi connectivity index (χ2n) is 6.45. The van der Waals surface area contributed by atoms with Gasteiger partial charge in [-0.1, -0.05) is 41.9 Å². The van der Waals surface area contributed by atoms with Crippen molar-refractivity contribution in [2.24, 2.45) is 5.73 Å². The summed E-state index contributed by atoms with van der Waals surface area (Å²) in [4.78, 5) is 35.2. The molecule has 3 aromatic rings. The minimum atomic E-state index is -0.720. The number of halogens is 1. The fraction of sp³-hybridized carbons (Fsp3) is 0.143. The van der Waals surface area contributed by atoms with Gasteiger partial charge in [-0.15, -0.1) is 11.3 Å². The van der Waals surface area contributed by atoms with Crippen LogP contribution in [0.25, 0.3) is 6.08 Å². The molecule has 0 aliphatic rings. The average molecular weight is 459 g/mol. The highest BCUT2D eigenvalue weighted by molar-refractivity contribution is 7.14. The number of carbonyl (C=O) groups excluding carboxylic acids is 3. The lowest BCUT2D eigenvalue weighted by Gasteiger charge is -2.05. The van der Waals surface area contributed by atoms with E-state index < -0.39 is 24.4 Å². The van der Waals surface area contributed by atoms with Crippen molar-refractivity contribution >= 4 is 51.8 Å². The van der Waals surface area contributed by atoms with E-state index in [1.54, 1.807) is 17.0 Å². The molecule has 0 fully saturated rings. The van der Waals surface area contributed by atoms with Crippen LogP contribution in [-0.2, 0) is 20.9 Å². The molecule has 0 atom stereocenters. The van der Waals surface area contributed by atoms with E-state index in [1.165, 1.54) is 18.2 Å². The van der Waals surface area contributed by atoms with E-state index in [0.29, 0.717) is 28.0 Å². The maximum atomic E-state index is 12.0. The number of carbonyl (C=O) groups is 3. The minimum absolute atomic E-state index is 0.196. The van der Waals surface area contributed by atoms with E-state index in [-0.39, 0.29) is 5.56 Å². The van der Waals surface area contributed by atoms with Crippen molar-refractivity contribution in [3.63, 3.8) is 0 Å². The molecule has 2 heterocycles. The van der Waals surface area contributed by atoms with Crippen LogP contribution in [0.4, 0.5) is 5.00 Å². The van der Waals surface area contributed by atoms with Crippen LogP contribution in [0.5, 0.6) is 0 Å². The normalized spacial score (nSPS) is 10.9. The third-order valence-corrected chi connectivity index (χ3v) is 5.43. The number of ether oxygens (including phenoxy) is 1. The van der Waals surface area contributed by atoms with Crippen LogP contribution in [0.3, 0.4) is 0 Å². The Labute approximate surface area is 187 Å². The number of benzene rings is 1. The van der Waals surface area contributed by atoms with Gasteiger partial charge >= 0.3 is 5.97 Å². The highest BCUT2D eigenvalue weighted by Gasteiger charge is 2.14. The van der Waals surface area contributed by atoms with Gasteiger partial charge in [0.05, 0.1) is 17.8 Å². The lowest BCUT2D eigenvalue weighted by Crippen LogP contribution is -2.21. The number of rotatable bonds is 8. The Morgan fingerprint density at radius 3 is 2.71 bits per heavy atom. The standard InChI is InChI=1S/C21H19ClN4O4S/c1-13-15(19(22)26(25-13)11-14-5-3-2-4-6-14)7-8-18(28)30-12-17(27)24-21-16(20(23)29)9-10-31-21/h2-10H,11-12H2,1H3,(H2,23,29)(H,24,27)/b8-7+. The molecular formula is C21H19ClN4O4S. The Kier molecular flexibility index (Phi) is 7.22. The first-order valence-electron chi connectivity index (χ1n) is 9.14. The molecule has 10 heteroatoms. The summed E-state index contributed by atoms with van der Waals surface area (Å²) in [5, 5.41) is 9.20. The number of aryl methyl sites for hydroxylation is 1. The smallest absolute Gasteiger partial charge is 0.331 e. The van der Waals surface area contributed by atoms with Crippen LogP contribution in [0.15, 0.2) is 47.9 Å². The number of hydrogen-bond donors (Lipinski definition) is 2. The van der Waals surface area contributed by atoms with Gasteiger partial charge in [0.2, 0.25) is 0 Å².